The monoisotopic (exact) mass is 265 g/mol. The molecule has 3 nitrogen and oxygen atoms in total. The highest BCUT2D eigenvalue weighted by molar-refractivity contribution is 6.84. The molecule has 0 spiro atoms. The number of hydrogen-bond acceptors (Lipinski definition) is 3. The van der Waals surface area contributed by atoms with Gasteiger partial charge in [0.2, 0.25) is 0 Å². The van der Waals surface area contributed by atoms with Crippen molar-refractivity contribution in [1.29, 1.82) is 0 Å². The zero-order valence-corrected chi connectivity index (χ0v) is 14.2. The van der Waals surface area contributed by atoms with Crippen molar-refractivity contribution in [3.63, 3.8) is 0 Å². The first kappa shape index (κ1) is 15.5. The molecule has 0 radical (unpaired) electrons. The Labute approximate surface area is 98.5 Å². The van der Waals surface area contributed by atoms with Crippen LogP contribution in [0.5, 0.6) is 0 Å². The first-order valence-corrected chi connectivity index (χ1v) is 14.4. The first-order chi connectivity index (χ1) is 6.66. The lowest BCUT2D eigenvalue weighted by atomic mass is 10.5. The summed E-state index contributed by atoms with van der Waals surface area (Å²) in [4.78, 5) is 0. The Kier molecular flexibility index (Phi) is 6.53. The lowest BCUT2D eigenvalue weighted by Gasteiger charge is -2.33. The van der Waals surface area contributed by atoms with Crippen molar-refractivity contribution in [3.8, 4) is 0 Å². The summed E-state index contributed by atoms with van der Waals surface area (Å²) in [5.74, 6) is 0. The van der Waals surface area contributed by atoms with Gasteiger partial charge >= 0.3 is 8.56 Å². The molecule has 0 saturated carbocycles. The molecule has 6 heteroatoms. The summed E-state index contributed by atoms with van der Waals surface area (Å²) < 4.78 is 12.3. The third kappa shape index (κ3) is 9.46. The van der Waals surface area contributed by atoms with Crippen LogP contribution in [0.3, 0.4) is 0 Å². The summed E-state index contributed by atoms with van der Waals surface area (Å²) in [6.07, 6.45) is 1.09. The van der Waals surface area contributed by atoms with Crippen molar-refractivity contribution < 1.29 is 8.23 Å². The van der Waals surface area contributed by atoms with Gasteiger partial charge in [0.25, 0.3) is 0 Å². The van der Waals surface area contributed by atoms with E-state index >= 15 is 0 Å². The fraction of sp³-hybridized carbons (Fsp3) is 1.00. The second-order valence-electron chi connectivity index (χ2n) is 5.47. The van der Waals surface area contributed by atoms with Crippen molar-refractivity contribution in [1.82, 2.24) is 0 Å². The predicted octanol–water partition coefficient (Wildman–Crippen LogP) is 2.26. The Morgan fingerprint density at radius 3 is 2.07 bits per heavy atom. The highest BCUT2D eigenvalue weighted by Gasteiger charge is 2.32. The topological polar surface area (TPSA) is 44.5 Å². The molecule has 2 N–H and O–H groups in total. The largest absolute Gasteiger partial charge is 0.439 e. The quantitative estimate of drug-likeness (QED) is 0.718. The third-order valence-corrected chi connectivity index (χ3v) is 11.4. The van der Waals surface area contributed by atoms with E-state index in [0.717, 1.165) is 13.0 Å². The predicted molar refractivity (Wildman–Crippen MR) is 74.5 cm³/mol. The first-order valence-electron chi connectivity index (χ1n) is 5.74. The van der Waals surface area contributed by atoms with E-state index in [4.69, 9.17) is 14.0 Å². The van der Waals surface area contributed by atoms with Crippen LogP contribution in [0.25, 0.3) is 0 Å². The van der Waals surface area contributed by atoms with Gasteiger partial charge in [-0.2, -0.15) is 0 Å². The summed E-state index contributed by atoms with van der Waals surface area (Å²) in [6, 6.07) is 1.17. The van der Waals surface area contributed by atoms with Crippen LogP contribution in [0.1, 0.15) is 6.42 Å². The molecular weight excluding hydrogens is 238 g/mol. The molecule has 0 rings (SSSR count). The summed E-state index contributed by atoms with van der Waals surface area (Å²) in [6.45, 7) is 14.0. The van der Waals surface area contributed by atoms with Gasteiger partial charge in [-0.25, -0.2) is 0 Å². The highest BCUT2D eigenvalue weighted by atomic mass is 28.5. The van der Waals surface area contributed by atoms with Crippen LogP contribution in [0.2, 0.25) is 45.3 Å². The Bertz CT molecular complexity index is 183. The van der Waals surface area contributed by atoms with Crippen molar-refractivity contribution in [2.45, 2.75) is 51.7 Å². The molecular formula is C9H27NO2Si3. The Morgan fingerprint density at radius 1 is 1.13 bits per heavy atom. The molecule has 0 aromatic heterocycles. The van der Waals surface area contributed by atoms with Crippen LogP contribution < -0.4 is 5.73 Å². The smallest absolute Gasteiger partial charge is 0.310 e. The SMILES string of the molecule is C[SiH](CCCN)O[Si](C)(C)O[Si](C)(C)C. The van der Waals surface area contributed by atoms with Gasteiger partial charge in [0.15, 0.2) is 17.4 Å². The normalized spacial score (nSPS) is 15.4. The van der Waals surface area contributed by atoms with Crippen molar-refractivity contribution >= 4 is 25.9 Å². The minimum Gasteiger partial charge on any atom is -0.439 e. The molecule has 0 aliphatic carbocycles. The highest BCUT2D eigenvalue weighted by Crippen LogP contribution is 2.17. The third-order valence-electron chi connectivity index (χ3n) is 1.85. The van der Waals surface area contributed by atoms with Crippen molar-refractivity contribution in [2.24, 2.45) is 5.73 Å². The second-order valence-corrected chi connectivity index (χ2v) is 16.5. The van der Waals surface area contributed by atoms with Gasteiger partial charge < -0.3 is 14.0 Å². The molecule has 0 aliphatic rings. The molecule has 0 aliphatic heterocycles. The van der Waals surface area contributed by atoms with Crippen LogP contribution in [-0.4, -0.2) is 32.5 Å². The molecule has 0 bridgehead atoms. The van der Waals surface area contributed by atoms with E-state index in [9.17, 15) is 0 Å². The molecule has 1 atom stereocenters. The molecule has 0 saturated heterocycles. The standard InChI is InChI=1S/C9H27NO2Si3/c1-13(9-7-8-10)11-15(5,6)12-14(2,3)4/h13H,7-10H2,1-6H3. The average Bonchev–Trinajstić information content (AvgIpc) is 1.94. The van der Waals surface area contributed by atoms with Gasteiger partial charge in [0.05, 0.1) is 0 Å². The maximum Gasteiger partial charge on any atom is 0.310 e. The number of hydrogen-bond donors (Lipinski definition) is 1. The molecule has 15 heavy (non-hydrogen) atoms. The summed E-state index contributed by atoms with van der Waals surface area (Å²) >= 11 is 0. The second kappa shape index (κ2) is 6.31. The maximum absolute atomic E-state index is 6.15. The molecule has 0 aromatic carbocycles. The van der Waals surface area contributed by atoms with Crippen LogP contribution in [0, 0.1) is 0 Å². The Morgan fingerprint density at radius 2 is 1.67 bits per heavy atom. The van der Waals surface area contributed by atoms with Crippen molar-refractivity contribution in [3.05, 3.63) is 0 Å². The molecule has 0 amide bonds. The molecule has 0 fully saturated rings. The van der Waals surface area contributed by atoms with Gasteiger partial charge in [-0.05, 0) is 58.3 Å². The van der Waals surface area contributed by atoms with Gasteiger partial charge in [-0.1, -0.05) is 0 Å². The Hall–Kier alpha value is 0.531. The van der Waals surface area contributed by atoms with Gasteiger partial charge in [0, 0.05) is 0 Å². The zero-order chi connectivity index (χ0) is 12.1. The Balaban J connectivity index is 4.01. The van der Waals surface area contributed by atoms with Gasteiger partial charge in [0.1, 0.15) is 0 Å². The summed E-state index contributed by atoms with van der Waals surface area (Å²) in [5, 5.41) is 0. The van der Waals surface area contributed by atoms with Crippen LogP contribution in [0.15, 0.2) is 0 Å². The lowest BCUT2D eigenvalue weighted by Crippen LogP contribution is -2.47. The number of rotatable bonds is 7. The molecule has 0 aromatic rings. The maximum atomic E-state index is 6.15. The van der Waals surface area contributed by atoms with E-state index in [2.05, 4.69) is 39.3 Å². The van der Waals surface area contributed by atoms with Crippen LogP contribution in [0.4, 0.5) is 0 Å². The summed E-state index contributed by atoms with van der Waals surface area (Å²) in [5.41, 5.74) is 5.50. The minimum atomic E-state index is -1.87. The van der Waals surface area contributed by atoms with E-state index in [1.165, 1.54) is 6.04 Å². The minimum absolute atomic E-state index is 0.775. The van der Waals surface area contributed by atoms with E-state index in [1.807, 2.05) is 0 Å². The molecule has 0 heterocycles. The zero-order valence-electron chi connectivity index (χ0n) is 11.1. The molecule has 1 unspecified atom stereocenters. The number of nitrogens with two attached hydrogens (primary N) is 1. The van der Waals surface area contributed by atoms with E-state index < -0.39 is 25.9 Å². The van der Waals surface area contributed by atoms with Gasteiger partial charge in [-0.15, -0.1) is 0 Å². The fourth-order valence-electron chi connectivity index (χ4n) is 1.71. The summed E-state index contributed by atoms with van der Waals surface area (Å²) in [7, 11) is -4.38. The van der Waals surface area contributed by atoms with E-state index in [0.29, 0.717) is 0 Å². The molecule has 92 valence electrons. The van der Waals surface area contributed by atoms with E-state index in [1.54, 1.807) is 0 Å². The van der Waals surface area contributed by atoms with E-state index in [-0.39, 0.29) is 0 Å². The van der Waals surface area contributed by atoms with Gasteiger partial charge in [-0.3, -0.25) is 0 Å². The van der Waals surface area contributed by atoms with Crippen LogP contribution >= 0.6 is 0 Å². The van der Waals surface area contributed by atoms with Crippen LogP contribution in [-0.2, 0) is 8.23 Å². The van der Waals surface area contributed by atoms with Crippen molar-refractivity contribution in [2.75, 3.05) is 6.54 Å². The fourth-order valence-corrected chi connectivity index (χ4v) is 13.4. The lowest BCUT2D eigenvalue weighted by molar-refractivity contribution is 0.401. The average molecular weight is 266 g/mol.